The maximum absolute atomic E-state index is 13.5. The number of nitrogens with zero attached hydrogens (tertiary/aromatic N) is 4. The summed E-state index contributed by atoms with van der Waals surface area (Å²) in [6.45, 7) is 3.84. The van der Waals surface area contributed by atoms with E-state index in [1.54, 1.807) is 16.7 Å². The zero-order chi connectivity index (χ0) is 22.2. The topological polar surface area (TPSA) is 73.8 Å². The van der Waals surface area contributed by atoms with Gasteiger partial charge in [0.2, 0.25) is 5.89 Å². The average molecular weight is 481 g/mol. The zero-order valence-corrected chi connectivity index (χ0v) is 19.5. The zero-order valence-electron chi connectivity index (χ0n) is 17.2. The van der Waals surface area contributed by atoms with Crippen LogP contribution in [0.25, 0.3) is 27.4 Å². The number of aromatic nitrogens is 4. The molecule has 3 aromatic heterocycles. The normalized spacial score (nSPS) is 12.3. The van der Waals surface area contributed by atoms with Crippen molar-refractivity contribution < 1.29 is 4.42 Å². The fourth-order valence-electron chi connectivity index (χ4n) is 3.35. The highest BCUT2D eigenvalue weighted by Crippen LogP contribution is 2.36. The van der Waals surface area contributed by atoms with Gasteiger partial charge < -0.3 is 4.42 Å². The monoisotopic (exact) mass is 480 g/mol. The highest BCUT2D eigenvalue weighted by molar-refractivity contribution is 7.99. The van der Waals surface area contributed by atoms with Crippen LogP contribution in [-0.4, -0.2) is 19.7 Å². The van der Waals surface area contributed by atoms with Gasteiger partial charge in [0, 0.05) is 5.02 Å². The SMILES string of the molecule is Cc1c(Cl)cccc1-n1c(SC(C)c2nnc(-c3cccs3)o2)nc2ccccc2c1=O. The first-order valence-electron chi connectivity index (χ1n) is 9.84. The first kappa shape index (κ1) is 20.9. The Morgan fingerprint density at radius 3 is 2.75 bits per heavy atom. The number of fused-ring (bicyclic) bond motifs is 1. The number of thiophene rings is 1. The molecule has 3 heterocycles. The summed E-state index contributed by atoms with van der Waals surface area (Å²) in [6.07, 6.45) is 0. The molecule has 2 aromatic carbocycles. The van der Waals surface area contributed by atoms with Gasteiger partial charge in [-0.3, -0.25) is 9.36 Å². The van der Waals surface area contributed by atoms with Crippen molar-refractivity contribution in [1.29, 1.82) is 0 Å². The minimum atomic E-state index is -0.227. The lowest BCUT2D eigenvalue weighted by molar-refractivity contribution is 0.509. The molecule has 0 aliphatic carbocycles. The van der Waals surface area contributed by atoms with Crippen molar-refractivity contribution in [2.24, 2.45) is 0 Å². The van der Waals surface area contributed by atoms with E-state index < -0.39 is 0 Å². The van der Waals surface area contributed by atoms with Gasteiger partial charge in [0.05, 0.1) is 26.7 Å². The second kappa shape index (κ2) is 8.54. The molecule has 160 valence electrons. The Balaban J connectivity index is 1.61. The molecule has 0 spiro atoms. The molecule has 0 aliphatic rings. The average Bonchev–Trinajstić information content (AvgIpc) is 3.48. The van der Waals surface area contributed by atoms with Gasteiger partial charge in [0.15, 0.2) is 5.16 Å². The molecule has 0 saturated carbocycles. The van der Waals surface area contributed by atoms with Crippen LogP contribution in [0, 0.1) is 6.92 Å². The highest BCUT2D eigenvalue weighted by Gasteiger charge is 2.22. The van der Waals surface area contributed by atoms with Crippen molar-refractivity contribution in [1.82, 2.24) is 19.7 Å². The molecular weight excluding hydrogens is 464 g/mol. The van der Waals surface area contributed by atoms with E-state index in [9.17, 15) is 4.79 Å². The third kappa shape index (κ3) is 3.74. The standard InChI is InChI=1S/C23H17ClN4O2S2/c1-13-16(24)8-5-10-18(13)28-22(29)15-7-3-4-9-17(15)25-23(28)32-14(2)20-26-27-21(30-20)19-11-6-12-31-19/h3-12,14H,1-2H3. The summed E-state index contributed by atoms with van der Waals surface area (Å²) < 4.78 is 7.51. The Bertz CT molecular complexity index is 1480. The van der Waals surface area contributed by atoms with Crippen molar-refractivity contribution in [3.63, 3.8) is 0 Å². The lowest BCUT2D eigenvalue weighted by atomic mass is 10.2. The number of thioether (sulfide) groups is 1. The van der Waals surface area contributed by atoms with Crippen LogP contribution in [0.4, 0.5) is 0 Å². The van der Waals surface area contributed by atoms with Gasteiger partial charge in [-0.15, -0.1) is 21.5 Å². The van der Waals surface area contributed by atoms with Crippen LogP contribution < -0.4 is 5.56 Å². The van der Waals surface area contributed by atoms with Crippen molar-refractivity contribution in [2.75, 3.05) is 0 Å². The van der Waals surface area contributed by atoms with Gasteiger partial charge in [-0.25, -0.2) is 4.98 Å². The molecule has 1 atom stereocenters. The van der Waals surface area contributed by atoms with E-state index in [2.05, 4.69) is 10.2 Å². The minimum absolute atomic E-state index is 0.152. The molecule has 0 N–H and O–H groups in total. The molecule has 9 heteroatoms. The largest absolute Gasteiger partial charge is 0.419 e. The van der Waals surface area contributed by atoms with Crippen molar-refractivity contribution in [3.8, 4) is 16.5 Å². The summed E-state index contributed by atoms with van der Waals surface area (Å²) in [4.78, 5) is 19.2. The molecule has 5 rings (SSSR count). The number of hydrogen-bond acceptors (Lipinski definition) is 7. The molecule has 6 nitrogen and oxygen atoms in total. The van der Waals surface area contributed by atoms with Crippen LogP contribution in [0.5, 0.6) is 0 Å². The first-order chi connectivity index (χ1) is 15.5. The maximum Gasteiger partial charge on any atom is 0.266 e. The molecule has 1 unspecified atom stereocenters. The lowest BCUT2D eigenvalue weighted by Gasteiger charge is -2.17. The molecule has 0 fully saturated rings. The van der Waals surface area contributed by atoms with E-state index in [4.69, 9.17) is 21.0 Å². The maximum atomic E-state index is 13.5. The summed E-state index contributed by atoms with van der Waals surface area (Å²) in [6, 6.07) is 16.7. The van der Waals surface area contributed by atoms with E-state index in [-0.39, 0.29) is 10.8 Å². The summed E-state index contributed by atoms with van der Waals surface area (Å²) in [7, 11) is 0. The molecule has 0 amide bonds. The molecule has 0 bridgehead atoms. The van der Waals surface area contributed by atoms with Gasteiger partial charge in [-0.1, -0.05) is 47.6 Å². The molecule has 32 heavy (non-hydrogen) atoms. The molecule has 0 saturated heterocycles. The van der Waals surface area contributed by atoms with Gasteiger partial charge in [-0.05, 0) is 55.1 Å². The Morgan fingerprint density at radius 1 is 1.09 bits per heavy atom. The molecule has 0 radical (unpaired) electrons. The Morgan fingerprint density at radius 2 is 1.94 bits per heavy atom. The van der Waals surface area contributed by atoms with E-state index in [1.165, 1.54) is 23.1 Å². The van der Waals surface area contributed by atoms with Crippen LogP contribution in [0.1, 0.15) is 23.6 Å². The molecule has 5 aromatic rings. The highest BCUT2D eigenvalue weighted by atomic mass is 35.5. The van der Waals surface area contributed by atoms with Crippen LogP contribution >= 0.6 is 34.7 Å². The molecular formula is C23H17ClN4O2S2. The fourth-order valence-corrected chi connectivity index (χ4v) is 5.11. The second-order valence-corrected chi connectivity index (χ2v) is 9.78. The number of benzene rings is 2. The summed E-state index contributed by atoms with van der Waals surface area (Å²) in [5.74, 6) is 0.951. The predicted octanol–water partition coefficient (Wildman–Crippen LogP) is 6.31. The number of hydrogen-bond donors (Lipinski definition) is 0. The van der Waals surface area contributed by atoms with Crippen LogP contribution in [0.15, 0.2) is 74.3 Å². The summed E-state index contributed by atoms with van der Waals surface area (Å²) in [5.41, 5.74) is 1.98. The van der Waals surface area contributed by atoms with E-state index in [0.29, 0.717) is 38.6 Å². The second-order valence-electron chi connectivity index (χ2n) is 7.12. The molecule has 0 aliphatic heterocycles. The summed E-state index contributed by atoms with van der Waals surface area (Å²) in [5, 5.41) is 11.8. The van der Waals surface area contributed by atoms with Gasteiger partial charge in [0.25, 0.3) is 11.4 Å². The smallest absolute Gasteiger partial charge is 0.266 e. The Labute approximate surface area is 196 Å². The van der Waals surface area contributed by atoms with Gasteiger partial charge in [0.1, 0.15) is 0 Å². The van der Waals surface area contributed by atoms with Crippen molar-refractivity contribution in [3.05, 3.63) is 86.8 Å². The third-order valence-corrected chi connectivity index (χ3v) is 7.33. The number of rotatable bonds is 5. The number of halogens is 1. The summed E-state index contributed by atoms with van der Waals surface area (Å²) >= 11 is 9.29. The van der Waals surface area contributed by atoms with E-state index in [0.717, 1.165) is 10.4 Å². The Kier molecular flexibility index (Phi) is 5.58. The fraction of sp³-hybridized carbons (Fsp3) is 0.130. The van der Waals surface area contributed by atoms with E-state index in [1.807, 2.05) is 61.7 Å². The quantitative estimate of drug-likeness (QED) is 0.217. The Hall–Kier alpha value is -2.94. The minimum Gasteiger partial charge on any atom is -0.419 e. The third-order valence-electron chi connectivity index (χ3n) is 5.03. The van der Waals surface area contributed by atoms with Crippen LogP contribution in [0.3, 0.4) is 0 Å². The van der Waals surface area contributed by atoms with Crippen molar-refractivity contribution >= 4 is 45.6 Å². The first-order valence-corrected chi connectivity index (χ1v) is 12.0. The lowest BCUT2D eigenvalue weighted by Crippen LogP contribution is -2.22. The van der Waals surface area contributed by atoms with Gasteiger partial charge >= 0.3 is 0 Å². The van der Waals surface area contributed by atoms with Crippen molar-refractivity contribution in [2.45, 2.75) is 24.3 Å². The van der Waals surface area contributed by atoms with Crippen LogP contribution in [0.2, 0.25) is 5.02 Å². The predicted molar refractivity (Wildman–Crippen MR) is 129 cm³/mol. The van der Waals surface area contributed by atoms with Crippen LogP contribution in [-0.2, 0) is 0 Å². The van der Waals surface area contributed by atoms with E-state index >= 15 is 0 Å². The number of para-hydroxylation sites is 1. The van der Waals surface area contributed by atoms with Gasteiger partial charge in [-0.2, -0.15) is 0 Å².